The molecule has 2 rings (SSSR count). The molecule has 10 heteroatoms. The molecule has 0 bridgehead atoms. The molecular formula is C19H27IN4O3S2. The van der Waals surface area contributed by atoms with Crippen LogP contribution >= 0.6 is 35.3 Å². The SMILES string of the molecule is Cc1cc(CN=C(NCC(=O)N(C)C)NCc2cccs2)ccc1S(C)(=O)=O.I. The van der Waals surface area contributed by atoms with Crippen LogP contribution in [0.1, 0.15) is 16.0 Å². The smallest absolute Gasteiger partial charge is 0.241 e. The number of carbonyl (C=O) groups excluding carboxylic acids is 1. The van der Waals surface area contributed by atoms with Crippen LogP contribution in [0.4, 0.5) is 0 Å². The molecule has 0 saturated carbocycles. The highest BCUT2D eigenvalue weighted by Gasteiger charge is 2.11. The molecule has 0 aliphatic rings. The van der Waals surface area contributed by atoms with Gasteiger partial charge in [0.25, 0.3) is 0 Å². The number of guanidine groups is 1. The number of amides is 1. The molecule has 0 saturated heterocycles. The van der Waals surface area contributed by atoms with Gasteiger partial charge in [0.15, 0.2) is 15.8 Å². The van der Waals surface area contributed by atoms with Crippen molar-refractivity contribution in [3.05, 3.63) is 51.7 Å². The Hall–Kier alpha value is -1.66. The van der Waals surface area contributed by atoms with Crippen LogP contribution in [0.3, 0.4) is 0 Å². The van der Waals surface area contributed by atoms with Gasteiger partial charge >= 0.3 is 0 Å². The van der Waals surface area contributed by atoms with Crippen LogP contribution in [0, 0.1) is 6.92 Å². The van der Waals surface area contributed by atoms with Crippen molar-refractivity contribution in [2.75, 3.05) is 26.9 Å². The van der Waals surface area contributed by atoms with Crippen molar-refractivity contribution < 1.29 is 13.2 Å². The third-order valence-electron chi connectivity index (χ3n) is 3.97. The van der Waals surface area contributed by atoms with Gasteiger partial charge < -0.3 is 15.5 Å². The molecule has 0 aliphatic carbocycles. The number of nitrogens with one attached hydrogen (secondary N) is 2. The van der Waals surface area contributed by atoms with Crippen molar-refractivity contribution in [2.24, 2.45) is 4.99 Å². The maximum atomic E-state index is 11.9. The third kappa shape index (κ3) is 8.31. The minimum atomic E-state index is -3.24. The van der Waals surface area contributed by atoms with Gasteiger partial charge in [0.05, 0.1) is 24.5 Å². The fourth-order valence-electron chi connectivity index (χ4n) is 2.47. The van der Waals surface area contributed by atoms with Crippen LogP contribution in [-0.4, -0.2) is 52.1 Å². The molecule has 0 atom stereocenters. The number of benzene rings is 1. The van der Waals surface area contributed by atoms with Gasteiger partial charge in [-0.3, -0.25) is 4.79 Å². The summed E-state index contributed by atoms with van der Waals surface area (Å²) in [5.74, 6) is 0.465. The molecule has 29 heavy (non-hydrogen) atoms. The van der Waals surface area contributed by atoms with Crippen LogP contribution in [0.15, 0.2) is 45.6 Å². The Labute approximate surface area is 193 Å². The molecule has 2 N–H and O–H groups in total. The fourth-order valence-corrected chi connectivity index (χ4v) is 4.08. The molecule has 1 amide bonds. The van der Waals surface area contributed by atoms with Crippen LogP contribution in [0.25, 0.3) is 0 Å². The second-order valence-corrected chi connectivity index (χ2v) is 9.63. The maximum Gasteiger partial charge on any atom is 0.241 e. The fraction of sp³-hybridized carbons (Fsp3) is 0.368. The molecule has 2 aromatic rings. The van der Waals surface area contributed by atoms with Gasteiger partial charge in [-0.2, -0.15) is 0 Å². The number of aryl methyl sites for hydroxylation is 1. The molecule has 0 spiro atoms. The quantitative estimate of drug-likeness (QED) is 0.314. The van der Waals surface area contributed by atoms with Crippen molar-refractivity contribution in [1.29, 1.82) is 0 Å². The number of carbonyl (C=O) groups is 1. The summed E-state index contributed by atoms with van der Waals surface area (Å²) in [6, 6.07) is 9.19. The Morgan fingerprint density at radius 1 is 1.21 bits per heavy atom. The van der Waals surface area contributed by atoms with E-state index in [1.165, 1.54) is 11.2 Å². The first-order valence-corrected chi connectivity index (χ1v) is 11.5. The van der Waals surface area contributed by atoms with E-state index in [4.69, 9.17) is 0 Å². The average molecular weight is 550 g/mol. The van der Waals surface area contributed by atoms with Gasteiger partial charge in [0, 0.05) is 25.2 Å². The van der Waals surface area contributed by atoms with Crippen LogP contribution in [0.5, 0.6) is 0 Å². The van der Waals surface area contributed by atoms with Crippen molar-refractivity contribution >= 4 is 57.0 Å². The lowest BCUT2D eigenvalue weighted by molar-refractivity contribution is -0.127. The third-order valence-corrected chi connectivity index (χ3v) is 6.11. The van der Waals surface area contributed by atoms with Gasteiger partial charge in [0.2, 0.25) is 5.91 Å². The minimum Gasteiger partial charge on any atom is -0.351 e. The molecule has 0 fully saturated rings. The van der Waals surface area contributed by atoms with Gasteiger partial charge in [-0.25, -0.2) is 13.4 Å². The number of nitrogens with zero attached hydrogens (tertiary/aromatic N) is 2. The van der Waals surface area contributed by atoms with E-state index < -0.39 is 9.84 Å². The van der Waals surface area contributed by atoms with Gasteiger partial charge in [-0.05, 0) is 35.6 Å². The van der Waals surface area contributed by atoms with E-state index in [1.54, 1.807) is 44.5 Å². The van der Waals surface area contributed by atoms with E-state index >= 15 is 0 Å². The largest absolute Gasteiger partial charge is 0.351 e. The highest BCUT2D eigenvalue weighted by molar-refractivity contribution is 14.0. The summed E-state index contributed by atoms with van der Waals surface area (Å²) in [4.78, 5) is 19.4. The van der Waals surface area contributed by atoms with Crippen LogP contribution in [0.2, 0.25) is 0 Å². The van der Waals surface area contributed by atoms with Gasteiger partial charge in [0.1, 0.15) is 0 Å². The Bertz CT molecular complexity index is 942. The van der Waals surface area contributed by atoms with Gasteiger partial charge in [-0.15, -0.1) is 35.3 Å². The van der Waals surface area contributed by atoms with Crippen molar-refractivity contribution in [3.63, 3.8) is 0 Å². The second-order valence-electron chi connectivity index (χ2n) is 6.61. The van der Waals surface area contributed by atoms with Gasteiger partial charge in [-0.1, -0.05) is 18.2 Å². The molecule has 0 aliphatic heterocycles. The first kappa shape index (κ1) is 25.4. The highest BCUT2D eigenvalue weighted by Crippen LogP contribution is 2.17. The first-order chi connectivity index (χ1) is 13.2. The zero-order chi connectivity index (χ0) is 20.7. The van der Waals surface area contributed by atoms with Crippen molar-refractivity contribution in [1.82, 2.24) is 15.5 Å². The summed E-state index contributed by atoms with van der Waals surface area (Å²) in [6.45, 7) is 2.87. The number of thiophene rings is 1. The molecule has 160 valence electrons. The minimum absolute atomic E-state index is 0. The normalized spacial score (nSPS) is 11.5. The maximum absolute atomic E-state index is 11.9. The summed E-state index contributed by atoms with van der Waals surface area (Å²) in [6.07, 6.45) is 1.20. The summed E-state index contributed by atoms with van der Waals surface area (Å²) < 4.78 is 23.5. The number of hydrogen-bond acceptors (Lipinski definition) is 5. The highest BCUT2D eigenvalue weighted by atomic mass is 127. The summed E-state index contributed by atoms with van der Waals surface area (Å²) in [5, 5.41) is 8.26. The Balaban J connectivity index is 0.00000420. The first-order valence-electron chi connectivity index (χ1n) is 8.71. The lowest BCUT2D eigenvalue weighted by Crippen LogP contribution is -2.42. The summed E-state index contributed by atoms with van der Waals surface area (Å²) in [5.41, 5.74) is 1.58. The number of rotatable bonds is 7. The summed E-state index contributed by atoms with van der Waals surface area (Å²) in [7, 11) is 0.158. The Morgan fingerprint density at radius 3 is 2.48 bits per heavy atom. The molecular weight excluding hydrogens is 523 g/mol. The Morgan fingerprint density at radius 2 is 1.93 bits per heavy atom. The van der Waals surface area contributed by atoms with E-state index in [0.29, 0.717) is 29.5 Å². The number of aliphatic imine (C=N–C) groups is 1. The molecule has 1 aromatic carbocycles. The second kappa shape index (κ2) is 11.5. The lowest BCUT2D eigenvalue weighted by atomic mass is 10.1. The zero-order valence-corrected chi connectivity index (χ0v) is 20.9. The average Bonchev–Trinajstić information content (AvgIpc) is 3.13. The number of likely N-dealkylation sites (N-methyl/N-ethyl adjacent to an activating group) is 1. The molecule has 7 nitrogen and oxygen atoms in total. The number of halogens is 1. The topological polar surface area (TPSA) is 90.9 Å². The predicted molar refractivity (Wildman–Crippen MR) is 129 cm³/mol. The molecule has 0 radical (unpaired) electrons. The Kier molecular flexibility index (Phi) is 10.1. The van der Waals surface area contributed by atoms with E-state index in [2.05, 4.69) is 15.6 Å². The van der Waals surface area contributed by atoms with Crippen molar-refractivity contribution in [3.8, 4) is 0 Å². The number of sulfone groups is 1. The van der Waals surface area contributed by atoms with Crippen molar-refractivity contribution in [2.45, 2.75) is 24.9 Å². The summed E-state index contributed by atoms with van der Waals surface area (Å²) >= 11 is 1.64. The molecule has 0 unspecified atom stereocenters. The van der Waals surface area contributed by atoms with E-state index in [1.807, 2.05) is 23.6 Å². The standard InChI is InChI=1S/C19H26N4O3S2.HI/c1-14-10-15(7-8-17(14)28(4,25)26)11-20-19(22-13-18(24)23(2)3)21-12-16-6-5-9-27-16;/h5-10H,11-13H2,1-4H3,(H2,20,21,22);1H. The van der Waals surface area contributed by atoms with E-state index in [0.717, 1.165) is 10.4 Å². The van der Waals surface area contributed by atoms with E-state index in [-0.39, 0.29) is 36.4 Å². The number of hydrogen-bond donors (Lipinski definition) is 2. The lowest BCUT2D eigenvalue weighted by Gasteiger charge is -2.15. The monoisotopic (exact) mass is 550 g/mol. The zero-order valence-electron chi connectivity index (χ0n) is 16.9. The van der Waals surface area contributed by atoms with E-state index in [9.17, 15) is 13.2 Å². The van der Waals surface area contributed by atoms with Crippen LogP contribution < -0.4 is 10.6 Å². The molecule has 1 heterocycles. The predicted octanol–water partition coefficient (Wildman–Crippen LogP) is 2.40. The molecule has 1 aromatic heterocycles. The van der Waals surface area contributed by atoms with Crippen LogP contribution in [-0.2, 0) is 27.7 Å².